The lowest BCUT2D eigenvalue weighted by Crippen LogP contribution is -2.62. The molecule has 2 saturated heterocycles. The fourth-order valence-corrected chi connectivity index (χ4v) is 9.82. The van der Waals surface area contributed by atoms with Crippen LogP contribution in [0.1, 0.15) is 159 Å². The van der Waals surface area contributed by atoms with Crippen LogP contribution in [0.3, 0.4) is 0 Å². The van der Waals surface area contributed by atoms with Gasteiger partial charge in [0.25, 0.3) is 0 Å². The lowest BCUT2D eigenvalue weighted by molar-refractivity contribution is -0.329. The Bertz CT molecular complexity index is 2010. The standard InChI is InChI=1S/C60H85N3O8/c1-4-5-6-7-8-9-10-11-12-13-14-15-16-17-18-19-32-41-53-55(71-60(2,3)70-53)52(62-63-61)46-68-59-58(67-45-51-39-30-23-31-40-51)57(66-44-50-37-28-22-29-38-50)56(65-43-49-35-26-21-27-36-49)54(69-59)47-64-42-48-33-24-20-25-34-48/h20-31,33-40,52-59H,4-19,32,41-47H2,1-3H3/t52-,53+,54+,55-,56-,57-,58+,59-/m0/s1. The van der Waals surface area contributed by atoms with E-state index >= 15 is 0 Å². The third-order valence-corrected chi connectivity index (χ3v) is 13.7. The molecule has 8 atom stereocenters. The van der Waals surface area contributed by atoms with Crippen LogP contribution in [0.5, 0.6) is 0 Å². The van der Waals surface area contributed by atoms with Gasteiger partial charge in [-0.25, -0.2) is 0 Å². The van der Waals surface area contributed by atoms with Crippen molar-refractivity contribution in [3.63, 3.8) is 0 Å². The molecule has 0 aromatic heterocycles. The molecule has 0 amide bonds. The number of unbranched alkanes of at least 4 members (excludes halogenated alkanes) is 16. The molecule has 4 aromatic rings. The first-order valence-electron chi connectivity index (χ1n) is 27.2. The van der Waals surface area contributed by atoms with E-state index in [1.165, 1.54) is 96.3 Å². The fourth-order valence-electron chi connectivity index (χ4n) is 9.82. The van der Waals surface area contributed by atoms with E-state index in [1.807, 2.05) is 135 Å². The summed E-state index contributed by atoms with van der Waals surface area (Å²) in [5.74, 6) is -0.850. The van der Waals surface area contributed by atoms with Gasteiger partial charge in [-0.3, -0.25) is 0 Å². The van der Waals surface area contributed by atoms with Gasteiger partial charge in [-0.05, 0) is 48.1 Å². The normalized spacial score (nSPS) is 22.3. The maximum absolute atomic E-state index is 9.98. The number of benzene rings is 4. The second-order valence-electron chi connectivity index (χ2n) is 20.0. The van der Waals surface area contributed by atoms with Gasteiger partial charge in [0.15, 0.2) is 12.1 Å². The molecular weight excluding hydrogens is 891 g/mol. The van der Waals surface area contributed by atoms with Gasteiger partial charge < -0.3 is 37.9 Å². The summed E-state index contributed by atoms with van der Waals surface area (Å²) in [6, 6.07) is 39.5. The molecule has 2 aliphatic rings. The van der Waals surface area contributed by atoms with Crippen LogP contribution < -0.4 is 0 Å². The molecule has 71 heavy (non-hydrogen) atoms. The summed E-state index contributed by atoms with van der Waals surface area (Å²) in [7, 11) is 0. The molecular formula is C60H85N3O8. The molecule has 0 unspecified atom stereocenters. The topological polar surface area (TPSA) is 123 Å². The van der Waals surface area contributed by atoms with Crippen molar-refractivity contribution in [2.45, 2.75) is 218 Å². The first-order chi connectivity index (χ1) is 34.9. The van der Waals surface area contributed by atoms with Crippen LogP contribution in [0, 0.1) is 0 Å². The lowest BCUT2D eigenvalue weighted by atomic mass is 9.97. The van der Waals surface area contributed by atoms with Crippen molar-refractivity contribution in [1.29, 1.82) is 0 Å². The summed E-state index contributed by atoms with van der Waals surface area (Å²) in [5.41, 5.74) is 14.0. The Morgan fingerprint density at radius 3 is 1.39 bits per heavy atom. The Morgan fingerprint density at radius 1 is 0.507 bits per heavy atom. The van der Waals surface area contributed by atoms with E-state index in [9.17, 15) is 5.53 Å². The van der Waals surface area contributed by atoms with Gasteiger partial charge in [-0.15, -0.1) is 0 Å². The molecule has 0 N–H and O–H groups in total. The largest absolute Gasteiger partial charge is 0.374 e. The highest BCUT2D eigenvalue weighted by Gasteiger charge is 2.50. The van der Waals surface area contributed by atoms with E-state index in [0.717, 1.165) is 41.5 Å². The van der Waals surface area contributed by atoms with Gasteiger partial charge >= 0.3 is 0 Å². The van der Waals surface area contributed by atoms with Crippen LogP contribution in [-0.4, -0.2) is 68.0 Å². The van der Waals surface area contributed by atoms with Crippen molar-refractivity contribution in [3.8, 4) is 0 Å². The molecule has 0 radical (unpaired) electrons. The molecule has 388 valence electrons. The van der Waals surface area contributed by atoms with Crippen molar-refractivity contribution in [1.82, 2.24) is 0 Å². The molecule has 11 nitrogen and oxygen atoms in total. The summed E-state index contributed by atoms with van der Waals surface area (Å²) < 4.78 is 53.8. The smallest absolute Gasteiger partial charge is 0.186 e. The SMILES string of the molecule is CCCCCCCCCCCCCCCCCCC[C@H]1OC(C)(C)O[C@H]1[C@H](CO[C@H]1O[C@H](COCc2ccccc2)[C@H](OCc2ccccc2)[C@H](OCc2ccccc2)[C@H]1OCc1ccccc1)N=[N+]=[N-]. The highest BCUT2D eigenvalue weighted by atomic mass is 16.8. The van der Waals surface area contributed by atoms with Crippen LogP contribution in [0.25, 0.3) is 10.4 Å². The number of hydrogen-bond donors (Lipinski definition) is 0. The Morgan fingerprint density at radius 2 is 0.930 bits per heavy atom. The van der Waals surface area contributed by atoms with Gasteiger partial charge in [-0.2, -0.15) is 0 Å². The number of hydrogen-bond acceptors (Lipinski definition) is 9. The zero-order valence-corrected chi connectivity index (χ0v) is 43.2. The maximum Gasteiger partial charge on any atom is 0.186 e. The van der Waals surface area contributed by atoms with Crippen molar-refractivity contribution in [2.75, 3.05) is 13.2 Å². The minimum Gasteiger partial charge on any atom is -0.374 e. The van der Waals surface area contributed by atoms with Gasteiger partial charge in [0.1, 0.15) is 24.4 Å². The summed E-state index contributed by atoms with van der Waals surface area (Å²) in [6.07, 6.45) is 18.8. The van der Waals surface area contributed by atoms with Crippen LogP contribution in [0.4, 0.5) is 0 Å². The fraction of sp³-hybridized carbons (Fsp3) is 0.600. The molecule has 2 heterocycles. The number of nitrogens with zero attached hydrogens (tertiary/aromatic N) is 3. The average molecular weight is 976 g/mol. The molecule has 0 spiro atoms. The second-order valence-corrected chi connectivity index (χ2v) is 20.0. The summed E-state index contributed by atoms with van der Waals surface area (Å²) in [4.78, 5) is 3.30. The van der Waals surface area contributed by atoms with E-state index in [4.69, 9.17) is 37.9 Å². The Labute approximate surface area is 426 Å². The van der Waals surface area contributed by atoms with Gasteiger partial charge in [0.05, 0.1) is 57.9 Å². The molecule has 0 aliphatic carbocycles. The maximum atomic E-state index is 9.98. The van der Waals surface area contributed by atoms with Crippen LogP contribution in [0.15, 0.2) is 126 Å². The first kappa shape index (κ1) is 56.2. The van der Waals surface area contributed by atoms with Gasteiger partial charge in [-0.1, -0.05) is 243 Å². The summed E-state index contributed by atoms with van der Waals surface area (Å²) >= 11 is 0. The third-order valence-electron chi connectivity index (χ3n) is 13.7. The highest BCUT2D eigenvalue weighted by Crippen LogP contribution is 2.36. The molecule has 0 saturated carbocycles. The molecule has 2 fully saturated rings. The van der Waals surface area contributed by atoms with E-state index in [1.54, 1.807) is 0 Å². The molecule has 2 aliphatic heterocycles. The molecule has 0 bridgehead atoms. The predicted molar refractivity (Wildman–Crippen MR) is 281 cm³/mol. The van der Waals surface area contributed by atoms with Crippen LogP contribution in [0.2, 0.25) is 0 Å². The second kappa shape index (κ2) is 32.8. The van der Waals surface area contributed by atoms with Crippen molar-refractivity contribution < 1.29 is 37.9 Å². The first-order valence-corrected chi connectivity index (χ1v) is 27.2. The van der Waals surface area contributed by atoms with E-state index in [-0.39, 0.29) is 25.9 Å². The van der Waals surface area contributed by atoms with E-state index in [2.05, 4.69) is 16.9 Å². The Balaban J connectivity index is 1.10. The summed E-state index contributed by atoms with van der Waals surface area (Å²) in [6.45, 7) is 7.60. The van der Waals surface area contributed by atoms with Gasteiger partial charge in [0, 0.05) is 4.91 Å². The van der Waals surface area contributed by atoms with Crippen molar-refractivity contribution in [3.05, 3.63) is 154 Å². The summed E-state index contributed by atoms with van der Waals surface area (Å²) in [5, 5.41) is 4.30. The van der Waals surface area contributed by atoms with Crippen LogP contribution in [-0.2, 0) is 64.3 Å². The zero-order valence-electron chi connectivity index (χ0n) is 43.2. The van der Waals surface area contributed by atoms with Crippen molar-refractivity contribution in [2.24, 2.45) is 5.11 Å². The predicted octanol–water partition coefficient (Wildman–Crippen LogP) is 14.9. The number of ether oxygens (including phenoxy) is 8. The van der Waals surface area contributed by atoms with E-state index in [0.29, 0.717) is 19.8 Å². The zero-order chi connectivity index (χ0) is 49.6. The molecule has 11 heteroatoms. The van der Waals surface area contributed by atoms with Crippen molar-refractivity contribution >= 4 is 0 Å². The number of azide groups is 1. The Kier molecular flexibility index (Phi) is 26.0. The average Bonchev–Trinajstić information content (AvgIpc) is 3.71. The van der Waals surface area contributed by atoms with E-state index < -0.39 is 48.6 Å². The van der Waals surface area contributed by atoms with Crippen LogP contribution >= 0.6 is 0 Å². The Hall–Kier alpha value is -4.13. The quantitative estimate of drug-likeness (QED) is 0.0191. The molecule has 6 rings (SSSR count). The minimum atomic E-state index is -0.961. The highest BCUT2D eigenvalue weighted by molar-refractivity contribution is 5.16. The third kappa shape index (κ3) is 20.7. The number of rotatable bonds is 36. The molecule has 4 aromatic carbocycles. The monoisotopic (exact) mass is 976 g/mol. The van der Waals surface area contributed by atoms with Gasteiger partial charge in [0.2, 0.25) is 0 Å². The minimum absolute atomic E-state index is 0.00187. The lowest BCUT2D eigenvalue weighted by Gasteiger charge is -2.46.